The number of aliphatic hydroxyl groups is 1. The molecule has 2 unspecified atom stereocenters. The Morgan fingerprint density at radius 2 is 2.13 bits per heavy atom. The molecule has 1 aromatic heterocycles. The van der Waals surface area contributed by atoms with Crippen molar-refractivity contribution >= 4 is 17.4 Å². The summed E-state index contributed by atoms with van der Waals surface area (Å²) in [5, 5.41) is 11.2. The molecular weight excluding hydrogens is 396 g/mol. The number of ketones is 1. The third kappa shape index (κ3) is 4.05. The maximum Gasteiger partial charge on any atom is 0.295 e. The van der Waals surface area contributed by atoms with Gasteiger partial charge in [-0.05, 0) is 56.2 Å². The van der Waals surface area contributed by atoms with Crippen LogP contribution in [0, 0.1) is 0 Å². The summed E-state index contributed by atoms with van der Waals surface area (Å²) in [5.74, 6) is -0.775. The van der Waals surface area contributed by atoms with E-state index in [1.165, 1.54) is 4.90 Å². The zero-order valence-electron chi connectivity index (χ0n) is 17.9. The molecule has 7 heteroatoms. The fraction of sp³-hybridized carbons (Fsp3) is 0.375. The third-order valence-corrected chi connectivity index (χ3v) is 5.49. The van der Waals surface area contributed by atoms with Gasteiger partial charge in [0.05, 0.1) is 24.3 Å². The SMILES string of the molecule is CC(C)OCCN1C(=O)C(=O)/C(=C(\O)c2ccc3c(c2)CC(C)O3)C1c1cccnc1. The minimum absolute atomic E-state index is 0.00434. The van der Waals surface area contributed by atoms with E-state index >= 15 is 0 Å². The summed E-state index contributed by atoms with van der Waals surface area (Å²) >= 11 is 0. The lowest BCUT2D eigenvalue weighted by atomic mass is 9.95. The summed E-state index contributed by atoms with van der Waals surface area (Å²) in [6.07, 6.45) is 4.03. The number of aliphatic hydroxyl groups excluding tert-OH is 1. The minimum atomic E-state index is -0.729. The van der Waals surface area contributed by atoms with Crippen molar-refractivity contribution in [3.8, 4) is 5.75 Å². The molecule has 1 aromatic carbocycles. The van der Waals surface area contributed by atoms with Gasteiger partial charge in [-0.3, -0.25) is 14.6 Å². The van der Waals surface area contributed by atoms with E-state index in [0.717, 1.165) is 17.7 Å². The zero-order chi connectivity index (χ0) is 22.1. The Bertz CT molecular complexity index is 1030. The fourth-order valence-corrected chi connectivity index (χ4v) is 4.11. The quantitative estimate of drug-likeness (QED) is 0.437. The number of hydrogen-bond acceptors (Lipinski definition) is 6. The van der Waals surface area contributed by atoms with Crippen LogP contribution in [-0.2, 0) is 20.7 Å². The van der Waals surface area contributed by atoms with Gasteiger partial charge in [-0.25, -0.2) is 0 Å². The number of pyridine rings is 1. The largest absolute Gasteiger partial charge is 0.507 e. The molecule has 0 saturated carbocycles. The summed E-state index contributed by atoms with van der Waals surface area (Å²) in [5.41, 5.74) is 2.18. The number of Topliss-reactive ketones (excluding diaryl/α,β-unsaturated/α-hetero) is 1. The number of nitrogens with zero attached hydrogens (tertiary/aromatic N) is 2. The molecule has 3 heterocycles. The maximum atomic E-state index is 13.0. The number of hydrogen-bond donors (Lipinski definition) is 1. The Balaban J connectivity index is 1.76. The van der Waals surface area contributed by atoms with Crippen LogP contribution in [0.1, 0.15) is 43.5 Å². The van der Waals surface area contributed by atoms with E-state index in [9.17, 15) is 14.7 Å². The number of carbonyl (C=O) groups is 2. The second-order valence-corrected chi connectivity index (χ2v) is 8.15. The predicted molar refractivity (Wildman–Crippen MR) is 115 cm³/mol. The molecular formula is C24H26N2O5. The lowest BCUT2D eigenvalue weighted by Crippen LogP contribution is -2.33. The van der Waals surface area contributed by atoms with Crippen molar-refractivity contribution in [2.24, 2.45) is 0 Å². The highest BCUT2D eigenvalue weighted by atomic mass is 16.5. The van der Waals surface area contributed by atoms with E-state index in [4.69, 9.17) is 9.47 Å². The van der Waals surface area contributed by atoms with Crippen LogP contribution >= 0.6 is 0 Å². The summed E-state index contributed by atoms with van der Waals surface area (Å²) in [7, 11) is 0. The Morgan fingerprint density at radius 3 is 2.84 bits per heavy atom. The molecule has 7 nitrogen and oxygen atoms in total. The highest BCUT2D eigenvalue weighted by molar-refractivity contribution is 6.46. The molecule has 2 aromatic rings. The van der Waals surface area contributed by atoms with Gasteiger partial charge in [-0.2, -0.15) is 0 Å². The normalized spacial score (nSPS) is 22.1. The van der Waals surface area contributed by atoms with Crippen LogP contribution in [-0.4, -0.2) is 52.0 Å². The van der Waals surface area contributed by atoms with E-state index in [1.807, 2.05) is 26.8 Å². The van der Waals surface area contributed by atoms with Gasteiger partial charge >= 0.3 is 0 Å². The Hall–Kier alpha value is -3.19. The van der Waals surface area contributed by atoms with Crippen molar-refractivity contribution in [3.05, 3.63) is 65.0 Å². The predicted octanol–water partition coefficient (Wildman–Crippen LogP) is 3.25. The van der Waals surface area contributed by atoms with E-state index < -0.39 is 17.7 Å². The topological polar surface area (TPSA) is 89.0 Å². The average molecular weight is 422 g/mol. The second-order valence-electron chi connectivity index (χ2n) is 8.15. The Kier molecular flexibility index (Phi) is 5.78. The molecule has 0 radical (unpaired) electrons. The molecule has 31 heavy (non-hydrogen) atoms. The maximum absolute atomic E-state index is 13.0. The summed E-state index contributed by atoms with van der Waals surface area (Å²) in [6.45, 7) is 6.31. The molecule has 0 bridgehead atoms. The molecule has 1 fully saturated rings. The van der Waals surface area contributed by atoms with Gasteiger partial charge in [-0.1, -0.05) is 6.07 Å². The van der Waals surface area contributed by atoms with Crippen molar-refractivity contribution in [2.75, 3.05) is 13.2 Å². The average Bonchev–Trinajstić information content (AvgIpc) is 3.24. The summed E-state index contributed by atoms with van der Waals surface area (Å²) < 4.78 is 11.3. The molecule has 2 aliphatic rings. The number of amides is 1. The molecule has 1 saturated heterocycles. The minimum Gasteiger partial charge on any atom is -0.507 e. The van der Waals surface area contributed by atoms with Crippen molar-refractivity contribution in [3.63, 3.8) is 0 Å². The van der Waals surface area contributed by atoms with Crippen LogP contribution in [0.15, 0.2) is 48.3 Å². The molecule has 1 amide bonds. The van der Waals surface area contributed by atoms with Gasteiger partial charge in [0.2, 0.25) is 0 Å². The van der Waals surface area contributed by atoms with E-state index in [0.29, 0.717) is 11.1 Å². The van der Waals surface area contributed by atoms with Gasteiger partial charge in [0.1, 0.15) is 17.6 Å². The standard InChI is InChI=1S/C24H26N2O5/c1-14(2)30-10-9-26-21(17-5-4-8-25-13-17)20(23(28)24(26)29)22(27)16-6-7-19-18(12-16)11-15(3)31-19/h4-8,12-15,21,27H,9-11H2,1-3H3/b22-20-. The summed E-state index contributed by atoms with van der Waals surface area (Å²) in [4.78, 5) is 31.5. The molecule has 0 aliphatic carbocycles. The van der Waals surface area contributed by atoms with E-state index in [1.54, 1.807) is 36.7 Å². The molecule has 4 rings (SSSR count). The molecule has 1 N–H and O–H groups in total. The van der Waals surface area contributed by atoms with E-state index in [2.05, 4.69) is 4.98 Å². The van der Waals surface area contributed by atoms with Crippen LogP contribution in [0.2, 0.25) is 0 Å². The number of ether oxygens (including phenoxy) is 2. The van der Waals surface area contributed by atoms with E-state index in [-0.39, 0.29) is 36.7 Å². The molecule has 0 spiro atoms. The summed E-state index contributed by atoms with van der Waals surface area (Å²) in [6, 6.07) is 8.14. The number of aromatic nitrogens is 1. The third-order valence-electron chi connectivity index (χ3n) is 5.49. The number of benzene rings is 1. The number of likely N-dealkylation sites (tertiary alicyclic amines) is 1. The van der Waals surface area contributed by atoms with Crippen LogP contribution in [0.5, 0.6) is 5.75 Å². The van der Waals surface area contributed by atoms with Crippen LogP contribution in [0.4, 0.5) is 0 Å². The van der Waals surface area contributed by atoms with Gasteiger partial charge < -0.3 is 19.5 Å². The van der Waals surface area contributed by atoms with Crippen molar-refractivity contribution in [2.45, 2.75) is 45.4 Å². The Morgan fingerprint density at radius 1 is 1.32 bits per heavy atom. The monoisotopic (exact) mass is 422 g/mol. The van der Waals surface area contributed by atoms with Gasteiger partial charge in [0, 0.05) is 30.9 Å². The van der Waals surface area contributed by atoms with Gasteiger partial charge in [0.15, 0.2) is 0 Å². The number of rotatable bonds is 6. The fourth-order valence-electron chi connectivity index (χ4n) is 4.11. The van der Waals surface area contributed by atoms with Crippen molar-refractivity contribution in [1.82, 2.24) is 9.88 Å². The molecule has 162 valence electrons. The second kappa shape index (κ2) is 8.51. The first-order chi connectivity index (χ1) is 14.9. The first-order valence-corrected chi connectivity index (χ1v) is 10.5. The molecule has 2 aliphatic heterocycles. The van der Waals surface area contributed by atoms with Crippen molar-refractivity contribution in [1.29, 1.82) is 0 Å². The Labute approximate surface area is 181 Å². The lowest BCUT2D eigenvalue weighted by Gasteiger charge is -2.25. The van der Waals surface area contributed by atoms with Gasteiger partial charge in [0.25, 0.3) is 11.7 Å². The molecule has 2 atom stereocenters. The number of carbonyl (C=O) groups excluding carboxylic acids is 2. The van der Waals surface area contributed by atoms with Crippen molar-refractivity contribution < 1.29 is 24.2 Å². The smallest absolute Gasteiger partial charge is 0.295 e. The first-order valence-electron chi connectivity index (χ1n) is 10.5. The lowest BCUT2D eigenvalue weighted by molar-refractivity contribution is -0.140. The van der Waals surface area contributed by atoms with Crippen LogP contribution in [0.25, 0.3) is 5.76 Å². The highest BCUT2D eigenvalue weighted by Gasteiger charge is 2.46. The highest BCUT2D eigenvalue weighted by Crippen LogP contribution is 2.40. The van der Waals surface area contributed by atoms with Crippen LogP contribution < -0.4 is 4.74 Å². The van der Waals surface area contributed by atoms with Gasteiger partial charge in [-0.15, -0.1) is 0 Å². The first kappa shape index (κ1) is 21.1. The van der Waals surface area contributed by atoms with Crippen LogP contribution in [0.3, 0.4) is 0 Å². The zero-order valence-corrected chi connectivity index (χ0v) is 17.9. The number of fused-ring (bicyclic) bond motifs is 1.